The SMILES string of the molecule is CC(CO)N(C)C(=O)C(=O)O. The Bertz CT molecular complexity index is 168. The number of likely N-dealkylation sites (N-methyl/N-ethyl adjacent to an activating group) is 1. The summed E-state index contributed by atoms with van der Waals surface area (Å²) in [6, 6.07) is -0.460. The van der Waals surface area contributed by atoms with Crippen molar-refractivity contribution in [1.82, 2.24) is 4.90 Å². The van der Waals surface area contributed by atoms with Gasteiger partial charge in [-0.3, -0.25) is 4.79 Å². The molecular weight excluding hydrogens is 150 g/mol. The largest absolute Gasteiger partial charge is 0.474 e. The molecule has 0 fully saturated rings. The minimum absolute atomic E-state index is 0.241. The van der Waals surface area contributed by atoms with Gasteiger partial charge in [-0.2, -0.15) is 0 Å². The number of rotatable bonds is 2. The van der Waals surface area contributed by atoms with Crippen LogP contribution < -0.4 is 0 Å². The Morgan fingerprint density at radius 1 is 1.55 bits per heavy atom. The molecular formula is C6H11NO4. The maximum absolute atomic E-state index is 10.7. The third-order valence-electron chi connectivity index (χ3n) is 1.43. The van der Waals surface area contributed by atoms with E-state index >= 15 is 0 Å². The Hall–Kier alpha value is -1.10. The number of carboxylic acid groups (broad SMARTS) is 1. The minimum atomic E-state index is -1.51. The molecule has 0 bridgehead atoms. The second-order valence-corrected chi connectivity index (χ2v) is 2.25. The van der Waals surface area contributed by atoms with Crippen LogP contribution in [0.2, 0.25) is 0 Å². The van der Waals surface area contributed by atoms with E-state index in [4.69, 9.17) is 10.2 Å². The van der Waals surface area contributed by atoms with Crippen molar-refractivity contribution in [3.05, 3.63) is 0 Å². The summed E-state index contributed by atoms with van der Waals surface area (Å²) >= 11 is 0. The Morgan fingerprint density at radius 3 is 2.27 bits per heavy atom. The topological polar surface area (TPSA) is 77.8 Å². The van der Waals surface area contributed by atoms with Gasteiger partial charge in [-0.1, -0.05) is 0 Å². The molecule has 0 saturated heterocycles. The number of carboxylic acids is 1. The van der Waals surface area contributed by atoms with Crippen molar-refractivity contribution >= 4 is 11.9 Å². The highest BCUT2D eigenvalue weighted by molar-refractivity contribution is 6.31. The Labute approximate surface area is 64.2 Å². The molecule has 0 rings (SSSR count). The van der Waals surface area contributed by atoms with Crippen molar-refractivity contribution in [2.45, 2.75) is 13.0 Å². The van der Waals surface area contributed by atoms with Crippen LogP contribution >= 0.6 is 0 Å². The van der Waals surface area contributed by atoms with Gasteiger partial charge >= 0.3 is 11.9 Å². The normalized spacial score (nSPS) is 12.3. The van der Waals surface area contributed by atoms with Gasteiger partial charge < -0.3 is 15.1 Å². The summed E-state index contributed by atoms with van der Waals surface area (Å²) in [5, 5.41) is 16.8. The van der Waals surface area contributed by atoms with Crippen molar-refractivity contribution < 1.29 is 19.8 Å². The first kappa shape index (κ1) is 9.90. The first-order chi connectivity index (χ1) is 5.00. The maximum Gasteiger partial charge on any atom is 0.394 e. The minimum Gasteiger partial charge on any atom is -0.474 e. The van der Waals surface area contributed by atoms with E-state index < -0.39 is 17.9 Å². The molecule has 5 heteroatoms. The lowest BCUT2D eigenvalue weighted by molar-refractivity contribution is -0.156. The zero-order chi connectivity index (χ0) is 9.02. The van der Waals surface area contributed by atoms with Gasteiger partial charge in [-0.15, -0.1) is 0 Å². The number of amides is 1. The summed E-state index contributed by atoms with van der Waals surface area (Å²) < 4.78 is 0. The van der Waals surface area contributed by atoms with Crippen LogP contribution in [0.15, 0.2) is 0 Å². The number of carbonyl (C=O) groups is 2. The molecule has 0 spiro atoms. The molecule has 0 aliphatic rings. The molecule has 0 aromatic heterocycles. The molecule has 0 radical (unpaired) electrons. The van der Waals surface area contributed by atoms with E-state index in [0.717, 1.165) is 4.90 Å². The lowest BCUT2D eigenvalue weighted by Crippen LogP contribution is -2.41. The molecule has 2 N–H and O–H groups in total. The lowest BCUT2D eigenvalue weighted by atomic mass is 10.3. The number of aliphatic carboxylic acids is 1. The quantitative estimate of drug-likeness (QED) is 0.504. The summed E-state index contributed by atoms with van der Waals surface area (Å²) in [5.41, 5.74) is 0. The molecule has 0 aliphatic carbocycles. The van der Waals surface area contributed by atoms with E-state index in [0.29, 0.717) is 0 Å². The van der Waals surface area contributed by atoms with Gasteiger partial charge in [0.2, 0.25) is 0 Å². The first-order valence-electron chi connectivity index (χ1n) is 3.11. The van der Waals surface area contributed by atoms with Gasteiger partial charge in [0.15, 0.2) is 0 Å². The standard InChI is InChI=1S/C6H11NO4/c1-4(3-8)7(2)5(9)6(10)11/h4,8H,3H2,1-2H3,(H,10,11). The maximum atomic E-state index is 10.7. The predicted octanol–water partition coefficient (Wildman–Crippen LogP) is -1.09. The molecule has 0 aromatic carbocycles. The summed E-state index contributed by atoms with van der Waals surface area (Å²) in [6.07, 6.45) is 0. The second kappa shape index (κ2) is 3.92. The monoisotopic (exact) mass is 161 g/mol. The van der Waals surface area contributed by atoms with Crippen LogP contribution in [0.5, 0.6) is 0 Å². The number of nitrogens with zero attached hydrogens (tertiary/aromatic N) is 1. The van der Waals surface area contributed by atoms with Gasteiger partial charge in [0.1, 0.15) is 0 Å². The van der Waals surface area contributed by atoms with E-state index in [1.807, 2.05) is 0 Å². The summed E-state index contributed by atoms with van der Waals surface area (Å²) in [7, 11) is 1.33. The van der Waals surface area contributed by atoms with Crippen LogP contribution in [0.4, 0.5) is 0 Å². The van der Waals surface area contributed by atoms with Gasteiger partial charge in [-0.25, -0.2) is 4.79 Å². The second-order valence-electron chi connectivity index (χ2n) is 2.25. The molecule has 0 saturated carbocycles. The van der Waals surface area contributed by atoms with Gasteiger partial charge in [0.25, 0.3) is 0 Å². The summed E-state index contributed by atoms with van der Waals surface area (Å²) in [5.74, 6) is -2.51. The average Bonchev–Trinajstić information content (AvgIpc) is 2.00. The predicted molar refractivity (Wildman–Crippen MR) is 37.0 cm³/mol. The van der Waals surface area contributed by atoms with E-state index in [2.05, 4.69) is 0 Å². The van der Waals surface area contributed by atoms with Crippen LogP contribution in [0, 0.1) is 0 Å². The first-order valence-corrected chi connectivity index (χ1v) is 3.11. The van der Waals surface area contributed by atoms with Crippen molar-refractivity contribution in [1.29, 1.82) is 0 Å². The van der Waals surface area contributed by atoms with Gasteiger partial charge in [0, 0.05) is 7.05 Å². The molecule has 1 amide bonds. The Balaban J connectivity index is 4.13. The number of aliphatic hydroxyl groups is 1. The highest BCUT2D eigenvalue weighted by Gasteiger charge is 2.20. The molecule has 0 aliphatic heterocycles. The molecule has 0 aromatic rings. The Kier molecular flexibility index (Phi) is 3.53. The highest BCUT2D eigenvalue weighted by Crippen LogP contribution is 1.94. The summed E-state index contributed by atoms with van der Waals surface area (Å²) in [4.78, 5) is 21.7. The van der Waals surface area contributed by atoms with E-state index in [-0.39, 0.29) is 6.61 Å². The van der Waals surface area contributed by atoms with Crippen LogP contribution in [-0.4, -0.2) is 46.7 Å². The number of aliphatic hydroxyl groups excluding tert-OH is 1. The fraction of sp³-hybridized carbons (Fsp3) is 0.667. The van der Waals surface area contributed by atoms with E-state index in [1.165, 1.54) is 7.05 Å². The van der Waals surface area contributed by atoms with Crippen molar-refractivity contribution in [2.75, 3.05) is 13.7 Å². The van der Waals surface area contributed by atoms with Crippen molar-refractivity contribution in [2.24, 2.45) is 0 Å². The zero-order valence-electron chi connectivity index (χ0n) is 6.44. The number of carbonyl (C=O) groups excluding carboxylic acids is 1. The third kappa shape index (κ3) is 2.55. The highest BCUT2D eigenvalue weighted by atomic mass is 16.4. The fourth-order valence-corrected chi connectivity index (χ4v) is 0.474. The molecule has 1 unspecified atom stereocenters. The molecule has 64 valence electrons. The number of hydrogen-bond acceptors (Lipinski definition) is 3. The molecule has 1 atom stereocenters. The van der Waals surface area contributed by atoms with Crippen molar-refractivity contribution in [3.63, 3.8) is 0 Å². The zero-order valence-corrected chi connectivity index (χ0v) is 6.44. The lowest BCUT2D eigenvalue weighted by Gasteiger charge is -2.20. The van der Waals surface area contributed by atoms with Gasteiger partial charge in [0.05, 0.1) is 12.6 Å². The van der Waals surface area contributed by atoms with E-state index in [9.17, 15) is 9.59 Å². The Morgan fingerprint density at radius 2 is 2.00 bits per heavy atom. The van der Waals surface area contributed by atoms with E-state index in [1.54, 1.807) is 6.92 Å². The molecule has 11 heavy (non-hydrogen) atoms. The molecule has 0 heterocycles. The average molecular weight is 161 g/mol. The van der Waals surface area contributed by atoms with Crippen LogP contribution in [-0.2, 0) is 9.59 Å². The molecule has 5 nitrogen and oxygen atoms in total. The number of hydrogen-bond donors (Lipinski definition) is 2. The smallest absolute Gasteiger partial charge is 0.394 e. The van der Waals surface area contributed by atoms with Crippen molar-refractivity contribution in [3.8, 4) is 0 Å². The van der Waals surface area contributed by atoms with Crippen LogP contribution in [0.25, 0.3) is 0 Å². The fourth-order valence-electron chi connectivity index (χ4n) is 0.474. The summed E-state index contributed by atoms with van der Waals surface area (Å²) in [6.45, 7) is 1.32. The van der Waals surface area contributed by atoms with Crippen LogP contribution in [0.3, 0.4) is 0 Å². The third-order valence-corrected chi connectivity index (χ3v) is 1.43. The van der Waals surface area contributed by atoms with Gasteiger partial charge in [-0.05, 0) is 6.92 Å². The van der Waals surface area contributed by atoms with Crippen LogP contribution in [0.1, 0.15) is 6.92 Å².